The minimum Gasteiger partial charge on any atom is -0.512 e. The van der Waals surface area contributed by atoms with Crippen LogP contribution in [0.3, 0.4) is 0 Å². The van der Waals surface area contributed by atoms with Gasteiger partial charge >= 0.3 is 0 Å². The van der Waals surface area contributed by atoms with E-state index in [2.05, 4.69) is 29.5 Å². The van der Waals surface area contributed by atoms with Gasteiger partial charge in [-0.05, 0) is 24.4 Å². The molecule has 0 bridgehead atoms. The van der Waals surface area contributed by atoms with Gasteiger partial charge in [-0.1, -0.05) is 34.2 Å². The zero-order chi connectivity index (χ0) is 7.98. The van der Waals surface area contributed by atoms with Crippen molar-refractivity contribution in [3.05, 3.63) is 23.5 Å². The predicted molar refractivity (Wildman–Crippen MR) is 69.1 cm³/mol. The van der Waals surface area contributed by atoms with Gasteiger partial charge in [0.2, 0.25) is 0 Å². The number of hydrogen-bond acceptors (Lipinski definition) is 1. The zero-order valence-electron chi connectivity index (χ0n) is 6.80. The number of aliphatic hydroxyl groups excluding tert-OH is 1. The van der Waals surface area contributed by atoms with Crippen LogP contribution in [0.15, 0.2) is 23.5 Å². The van der Waals surface area contributed by atoms with E-state index in [0.717, 1.165) is 12.8 Å². The highest BCUT2D eigenvalue weighted by atomic mass is 127. The van der Waals surface area contributed by atoms with Crippen molar-refractivity contribution in [3.8, 4) is 0 Å². The van der Waals surface area contributed by atoms with E-state index < -0.39 is 0 Å². The molecule has 1 aliphatic rings. The maximum atomic E-state index is 8.84. The van der Waals surface area contributed by atoms with E-state index in [0.29, 0.717) is 5.76 Å². The molecule has 0 saturated carbocycles. The summed E-state index contributed by atoms with van der Waals surface area (Å²) in [6, 6.07) is 0. The molecule has 66 valence electrons. The smallest absolute Gasteiger partial charge is 0.0925 e. The Bertz CT molecular complexity index is 132. The van der Waals surface area contributed by atoms with Gasteiger partial charge in [-0.25, -0.2) is 0 Å². The molecule has 0 heterocycles. The van der Waals surface area contributed by atoms with Gasteiger partial charge in [-0.3, -0.25) is 0 Å². The summed E-state index contributed by atoms with van der Waals surface area (Å²) in [6.45, 7) is 2.07. The van der Waals surface area contributed by atoms with E-state index in [1.807, 2.05) is 11.0 Å². The van der Waals surface area contributed by atoms with Crippen LogP contribution in [0, 0.1) is 0 Å². The fourth-order valence-corrected chi connectivity index (χ4v) is 0.730. The molecule has 1 aliphatic carbocycles. The van der Waals surface area contributed by atoms with Gasteiger partial charge in [0.1, 0.15) is 0 Å². The monoisotopic (exact) mass is 380 g/mol. The molecule has 1 N–H and O–H groups in total. The summed E-state index contributed by atoms with van der Waals surface area (Å²) < 4.78 is 0. The van der Waals surface area contributed by atoms with E-state index in [1.165, 1.54) is 5.57 Å². The molecule has 0 amide bonds. The minimum absolute atomic E-state index is 0. The molecule has 11 heavy (non-hydrogen) atoms. The van der Waals surface area contributed by atoms with Crippen molar-refractivity contribution >= 4 is 46.6 Å². The molecule has 0 unspecified atom stereocenters. The highest BCUT2D eigenvalue weighted by molar-refractivity contribution is 14.1. The number of hydrogen-bond donors (Lipinski definition) is 1. The largest absolute Gasteiger partial charge is 0.512 e. The Morgan fingerprint density at radius 3 is 2.09 bits per heavy atom. The van der Waals surface area contributed by atoms with Crippen LogP contribution in [0.1, 0.15) is 19.8 Å². The summed E-state index contributed by atoms with van der Waals surface area (Å²) in [6.07, 6.45) is 5.56. The average molecular weight is 380 g/mol. The molecule has 0 aromatic rings. The lowest BCUT2D eigenvalue weighted by Crippen LogP contribution is -1.88. The second-order valence-corrected chi connectivity index (χ2v) is 2.17. The minimum atomic E-state index is 0. The molecule has 0 atom stereocenters. The Labute approximate surface area is 99.1 Å². The van der Waals surface area contributed by atoms with Crippen molar-refractivity contribution in [2.45, 2.75) is 19.8 Å². The SMILES string of the molecule is CC1=CC=C(O)CC1.CI.I. The third-order valence-electron chi connectivity index (χ3n) is 1.34. The normalized spacial score (nSPS) is 14.8. The van der Waals surface area contributed by atoms with Gasteiger partial charge in [-0.15, -0.1) is 24.0 Å². The fourth-order valence-electron chi connectivity index (χ4n) is 0.730. The lowest BCUT2D eigenvalue weighted by Gasteiger charge is -2.04. The van der Waals surface area contributed by atoms with Gasteiger partial charge in [0.05, 0.1) is 5.76 Å². The highest BCUT2D eigenvalue weighted by Crippen LogP contribution is 2.14. The molecule has 1 rings (SSSR count). The number of rotatable bonds is 0. The predicted octanol–water partition coefficient (Wildman–Crippen LogP) is 3.84. The molecular formula is C8H14I2O. The summed E-state index contributed by atoms with van der Waals surface area (Å²) in [5.41, 5.74) is 1.35. The highest BCUT2D eigenvalue weighted by Gasteiger charge is 1.98. The first-order valence-electron chi connectivity index (χ1n) is 3.22. The van der Waals surface area contributed by atoms with Gasteiger partial charge in [0.25, 0.3) is 0 Å². The molecule has 3 heteroatoms. The lowest BCUT2D eigenvalue weighted by atomic mass is 10.1. The maximum Gasteiger partial charge on any atom is 0.0925 e. The van der Waals surface area contributed by atoms with Crippen LogP contribution in [0.4, 0.5) is 0 Å². The lowest BCUT2D eigenvalue weighted by molar-refractivity contribution is 0.386. The van der Waals surface area contributed by atoms with Crippen LogP contribution in [-0.2, 0) is 0 Å². The number of aliphatic hydroxyl groups is 1. The first-order valence-corrected chi connectivity index (χ1v) is 5.38. The van der Waals surface area contributed by atoms with E-state index in [4.69, 9.17) is 5.11 Å². The molecule has 0 saturated heterocycles. The Kier molecular flexibility index (Phi) is 11.5. The zero-order valence-corrected chi connectivity index (χ0v) is 11.3. The van der Waals surface area contributed by atoms with Crippen LogP contribution in [-0.4, -0.2) is 10.0 Å². The summed E-state index contributed by atoms with van der Waals surface area (Å²) in [7, 11) is 0. The molecular weight excluding hydrogens is 366 g/mol. The fraction of sp³-hybridized carbons (Fsp3) is 0.500. The molecule has 0 radical (unpaired) electrons. The Hall–Kier alpha value is 0.740. The van der Waals surface area contributed by atoms with E-state index in [9.17, 15) is 0 Å². The number of alkyl halides is 1. The topological polar surface area (TPSA) is 20.2 Å². The van der Waals surface area contributed by atoms with Crippen molar-refractivity contribution in [1.82, 2.24) is 0 Å². The second-order valence-electron chi connectivity index (χ2n) is 2.17. The molecule has 0 aromatic heterocycles. The molecule has 0 fully saturated rings. The van der Waals surface area contributed by atoms with Crippen molar-refractivity contribution in [3.63, 3.8) is 0 Å². The molecule has 0 aromatic carbocycles. The number of allylic oxidation sites excluding steroid dienone is 4. The third-order valence-corrected chi connectivity index (χ3v) is 1.34. The average Bonchev–Trinajstić information content (AvgIpc) is 2.00. The Morgan fingerprint density at radius 2 is 1.82 bits per heavy atom. The molecule has 1 nitrogen and oxygen atoms in total. The first kappa shape index (κ1) is 14.3. The second kappa shape index (κ2) is 8.83. The Balaban J connectivity index is 0. The first-order chi connectivity index (χ1) is 4.79. The Morgan fingerprint density at radius 1 is 1.27 bits per heavy atom. The van der Waals surface area contributed by atoms with Crippen LogP contribution >= 0.6 is 46.6 Å². The van der Waals surface area contributed by atoms with Crippen LogP contribution < -0.4 is 0 Å². The van der Waals surface area contributed by atoms with Crippen molar-refractivity contribution in [2.75, 3.05) is 4.93 Å². The summed E-state index contributed by atoms with van der Waals surface area (Å²) in [5, 5.41) is 8.84. The van der Waals surface area contributed by atoms with E-state index in [1.54, 1.807) is 6.08 Å². The van der Waals surface area contributed by atoms with Crippen molar-refractivity contribution < 1.29 is 5.11 Å². The maximum absolute atomic E-state index is 8.84. The standard InChI is InChI=1S/C7H10O.CH3I.HI/c1-6-2-4-7(8)5-3-6;1-2;/h2,4,8H,3,5H2,1H3;1H3;1H. The van der Waals surface area contributed by atoms with Gasteiger partial charge in [0.15, 0.2) is 0 Å². The summed E-state index contributed by atoms with van der Waals surface area (Å²) in [4.78, 5) is 1.97. The molecule has 0 aliphatic heterocycles. The summed E-state index contributed by atoms with van der Waals surface area (Å²) >= 11 is 2.15. The summed E-state index contributed by atoms with van der Waals surface area (Å²) in [5.74, 6) is 0.510. The third kappa shape index (κ3) is 7.11. The van der Waals surface area contributed by atoms with Crippen LogP contribution in [0.25, 0.3) is 0 Å². The van der Waals surface area contributed by atoms with Gasteiger partial charge in [0, 0.05) is 6.42 Å². The van der Waals surface area contributed by atoms with Crippen molar-refractivity contribution in [2.24, 2.45) is 0 Å². The van der Waals surface area contributed by atoms with Gasteiger partial charge < -0.3 is 5.11 Å². The van der Waals surface area contributed by atoms with E-state index in [-0.39, 0.29) is 24.0 Å². The van der Waals surface area contributed by atoms with E-state index >= 15 is 0 Å². The number of halogens is 2. The quantitative estimate of drug-likeness (QED) is 0.501. The van der Waals surface area contributed by atoms with Crippen LogP contribution in [0.5, 0.6) is 0 Å². The van der Waals surface area contributed by atoms with Gasteiger partial charge in [-0.2, -0.15) is 0 Å². The van der Waals surface area contributed by atoms with Crippen molar-refractivity contribution in [1.29, 1.82) is 0 Å². The molecule has 0 spiro atoms. The van der Waals surface area contributed by atoms with Crippen LogP contribution in [0.2, 0.25) is 0 Å².